The molecule has 1 aliphatic rings. The molecule has 1 fully saturated rings. The van der Waals surface area contributed by atoms with E-state index in [-0.39, 0.29) is 11.7 Å². The lowest BCUT2D eigenvalue weighted by Gasteiger charge is -2.20. The maximum Gasteiger partial charge on any atom is 0.416 e. The Hall–Kier alpha value is -4.01. The van der Waals surface area contributed by atoms with Crippen molar-refractivity contribution in [3.05, 3.63) is 78.6 Å². The fourth-order valence-corrected chi connectivity index (χ4v) is 3.67. The molecule has 0 saturated carbocycles. The maximum absolute atomic E-state index is 13.0. The largest absolute Gasteiger partial charge is 0.456 e. The summed E-state index contributed by atoms with van der Waals surface area (Å²) in [6.45, 7) is 0.657. The highest BCUT2D eigenvalue weighted by molar-refractivity contribution is 6.06. The number of fused-ring (bicyclic) bond motifs is 1. The van der Waals surface area contributed by atoms with Gasteiger partial charge in [0.2, 0.25) is 0 Å². The first kappa shape index (κ1) is 19.9. The van der Waals surface area contributed by atoms with Crippen molar-refractivity contribution in [1.82, 2.24) is 9.97 Å². The number of nitrogens with one attached hydrogen (secondary N) is 1. The van der Waals surface area contributed by atoms with E-state index in [2.05, 4.69) is 9.97 Å². The number of amides is 2. The predicted octanol–water partition coefficient (Wildman–Crippen LogP) is 5.82. The van der Waals surface area contributed by atoms with E-state index in [1.807, 2.05) is 12.1 Å². The van der Waals surface area contributed by atoms with Crippen molar-refractivity contribution in [2.75, 3.05) is 22.9 Å². The molecule has 5 rings (SSSR count). The van der Waals surface area contributed by atoms with Gasteiger partial charge in [-0.25, -0.2) is 9.78 Å². The smallest absolute Gasteiger partial charge is 0.416 e. The lowest BCUT2D eigenvalue weighted by molar-refractivity contribution is -0.137. The summed E-state index contributed by atoms with van der Waals surface area (Å²) in [6.07, 6.45) is -1.05. The predicted molar refractivity (Wildman–Crippen MR) is 114 cm³/mol. The van der Waals surface area contributed by atoms with Crippen LogP contribution in [-0.2, 0) is 6.18 Å². The second-order valence-electron chi connectivity index (χ2n) is 7.32. The number of benzene rings is 2. The van der Waals surface area contributed by atoms with Gasteiger partial charge in [-0.3, -0.25) is 9.80 Å². The third-order valence-corrected chi connectivity index (χ3v) is 5.25. The first-order valence-corrected chi connectivity index (χ1v) is 9.86. The maximum atomic E-state index is 13.0. The molecule has 0 aliphatic carbocycles. The van der Waals surface area contributed by atoms with E-state index in [9.17, 15) is 18.0 Å². The number of hydrogen-bond acceptors (Lipinski definition) is 3. The van der Waals surface area contributed by atoms with Crippen LogP contribution < -0.4 is 14.5 Å². The minimum atomic E-state index is -4.46. The number of aromatic nitrogens is 2. The number of rotatable bonds is 4. The minimum absolute atomic E-state index is 0.222. The van der Waals surface area contributed by atoms with E-state index >= 15 is 0 Å². The standard InChI is InChI=1S/C23H17F3N4O2/c24-23(25,26)16-2-1-3-18(13-16)30-11-10-29(22(30)31)17-4-6-19(7-5-17)32-20-12-15-8-9-27-21(15)28-14-20/h1-9,12-14H,10-11H2,(H,27,28). The Morgan fingerprint density at radius 2 is 1.66 bits per heavy atom. The Bertz CT molecular complexity index is 1280. The summed E-state index contributed by atoms with van der Waals surface area (Å²) in [5.41, 5.74) is 0.844. The molecule has 2 amide bonds. The lowest BCUT2D eigenvalue weighted by Crippen LogP contribution is -2.31. The van der Waals surface area contributed by atoms with Gasteiger partial charge < -0.3 is 9.72 Å². The normalized spacial score (nSPS) is 14.4. The Morgan fingerprint density at radius 3 is 2.41 bits per heavy atom. The van der Waals surface area contributed by atoms with Crippen LogP contribution in [0.1, 0.15) is 5.56 Å². The van der Waals surface area contributed by atoms with Gasteiger partial charge in [-0.05, 0) is 54.6 Å². The summed E-state index contributed by atoms with van der Waals surface area (Å²) in [4.78, 5) is 23.0. The molecule has 4 aromatic rings. The molecule has 162 valence electrons. The second-order valence-corrected chi connectivity index (χ2v) is 7.32. The van der Waals surface area contributed by atoms with Gasteiger partial charge in [0.15, 0.2) is 0 Å². The van der Waals surface area contributed by atoms with Crippen LogP contribution in [0.5, 0.6) is 11.5 Å². The number of hydrogen-bond donors (Lipinski definition) is 1. The van der Waals surface area contributed by atoms with Crippen LogP contribution in [0, 0.1) is 0 Å². The number of ether oxygens (including phenoxy) is 1. The monoisotopic (exact) mass is 438 g/mol. The molecule has 1 saturated heterocycles. The van der Waals surface area contributed by atoms with Gasteiger partial charge in [0.1, 0.15) is 17.1 Å². The molecular formula is C23H17F3N4O2. The number of carbonyl (C=O) groups excluding carboxylic acids is 1. The van der Waals surface area contributed by atoms with Gasteiger partial charge in [0.25, 0.3) is 0 Å². The molecule has 0 radical (unpaired) electrons. The molecule has 0 unspecified atom stereocenters. The third-order valence-electron chi connectivity index (χ3n) is 5.25. The molecule has 2 aromatic heterocycles. The molecule has 2 aromatic carbocycles. The van der Waals surface area contributed by atoms with Crippen LogP contribution in [0.3, 0.4) is 0 Å². The fourth-order valence-electron chi connectivity index (χ4n) is 3.67. The zero-order valence-electron chi connectivity index (χ0n) is 16.6. The Kier molecular flexibility index (Phi) is 4.73. The van der Waals surface area contributed by atoms with Gasteiger partial charge in [0, 0.05) is 36.0 Å². The van der Waals surface area contributed by atoms with E-state index in [1.54, 1.807) is 36.7 Å². The van der Waals surface area contributed by atoms with Gasteiger partial charge in [-0.15, -0.1) is 0 Å². The average molecular weight is 438 g/mol. The highest BCUT2D eigenvalue weighted by atomic mass is 19.4. The Labute approximate surface area is 180 Å². The van der Waals surface area contributed by atoms with Crippen molar-refractivity contribution >= 4 is 28.4 Å². The van der Waals surface area contributed by atoms with Gasteiger partial charge in [-0.2, -0.15) is 13.2 Å². The van der Waals surface area contributed by atoms with Crippen LogP contribution in [0.25, 0.3) is 11.0 Å². The molecule has 0 spiro atoms. The van der Waals surface area contributed by atoms with E-state index in [0.29, 0.717) is 30.3 Å². The number of alkyl halides is 3. The topological polar surface area (TPSA) is 61.5 Å². The molecule has 9 heteroatoms. The number of halogens is 3. The molecule has 1 aliphatic heterocycles. The number of pyridine rings is 1. The van der Waals surface area contributed by atoms with Gasteiger partial charge in [0.05, 0.1) is 11.8 Å². The van der Waals surface area contributed by atoms with Gasteiger partial charge in [-0.1, -0.05) is 6.07 Å². The fraction of sp³-hybridized carbons (Fsp3) is 0.130. The highest BCUT2D eigenvalue weighted by Crippen LogP contribution is 2.33. The summed E-state index contributed by atoms with van der Waals surface area (Å²) in [6, 6.07) is 15.1. The third kappa shape index (κ3) is 3.73. The number of anilines is 2. The van der Waals surface area contributed by atoms with E-state index in [4.69, 9.17) is 4.74 Å². The molecule has 32 heavy (non-hydrogen) atoms. The summed E-state index contributed by atoms with van der Waals surface area (Å²) in [5.74, 6) is 1.16. The van der Waals surface area contributed by atoms with Crippen LogP contribution in [-0.4, -0.2) is 29.1 Å². The zero-order valence-corrected chi connectivity index (χ0v) is 16.6. The second kappa shape index (κ2) is 7.60. The first-order valence-electron chi connectivity index (χ1n) is 9.86. The van der Waals surface area contributed by atoms with Crippen molar-refractivity contribution in [2.45, 2.75) is 6.18 Å². The van der Waals surface area contributed by atoms with E-state index in [1.165, 1.54) is 21.9 Å². The zero-order chi connectivity index (χ0) is 22.3. The van der Waals surface area contributed by atoms with E-state index in [0.717, 1.165) is 23.2 Å². The Morgan fingerprint density at radius 1 is 0.906 bits per heavy atom. The van der Waals surface area contributed by atoms with Crippen molar-refractivity contribution in [3.63, 3.8) is 0 Å². The van der Waals surface area contributed by atoms with Crippen molar-refractivity contribution in [3.8, 4) is 11.5 Å². The van der Waals surface area contributed by atoms with Crippen LogP contribution >= 0.6 is 0 Å². The number of aromatic amines is 1. The van der Waals surface area contributed by atoms with Crippen LogP contribution in [0.4, 0.5) is 29.3 Å². The molecule has 1 N–H and O–H groups in total. The summed E-state index contributed by atoms with van der Waals surface area (Å²) < 4.78 is 44.9. The number of H-pyrrole nitrogens is 1. The molecule has 0 atom stereocenters. The number of urea groups is 1. The van der Waals surface area contributed by atoms with Crippen LogP contribution in [0.15, 0.2) is 73.1 Å². The molecular weight excluding hydrogens is 421 g/mol. The van der Waals surface area contributed by atoms with Gasteiger partial charge >= 0.3 is 12.2 Å². The van der Waals surface area contributed by atoms with Crippen molar-refractivity contribution in [2.24, 2.45) is 0 Å². The quantitative estimate of drug-likeness (QED) is 0.437. The summed E-state index contributed by atoms with van der Waals surface area (Å²) in [7, 11) is 0. The molecule has 3 heterocycles. The Balaban J connectivity index is 1.31. The highest BCUT2D eigenvalue weighted by Gasteiger charge is 2.34. The van der Waals surface area contributed by atoms with E-state index < -0.39 is 11.7 Å². The SMILES string of the molecule is O=C1N(c2ccc(Oc3cnc4[nH]ccc4c3)cc2)CCN1c1cccc(C(F)(F)F)c1. The lowest BCUT2D eigenvalue weighted by atomic mass is 10.2. The van der Waals surface area contributed by atoms with Crippen molar-refractivity contribution in [1.29, 1.82) is 0 Å². The molecule has 0 bridgehead atoms. The average Bonchev–Trinajstić information content (AvgIpc) is 3.40. The minimum Gasteiger partial charge on any atom is -0.456 e. The number of carbonyl (C=O) groups is 1. The first-order chi connectivity index (χ1) is 15.4. The van der Waals surface area contributed by atoms with Crippen molar-refractivity contribution < 1.29 is 22.7 Å². The summed E-state index contributed by atoms with van der Waals surface area (Å²) >= 11 is 0. The molecule has 6 nitrogen and oxygen atoms in total. The van der Waals surface area contributed by atoms with Crippen LogP contribution in [0.2, 0.25) is 0 Å². The summed E-state index contributed by atoms with van der Waals surface area (Å²) in [5, 5.41) is 0.927. The number of nitrogens with zero attached hydrogens (tertiary/aromatic N) is 3.